The second-order valence-electron chi connectivity index (χ2n) is 5.74. The van der Waals surface area contributed by atoms with Crippen LogP contribution in [-0.2, 0) is 11.8 Å². The van der Waals surface area contributed by atoms with Crippen molar-refractivity contribution in [2.24, 2.45) is 15.3 Å². The van der Waals surface area contributed by atoms with Crippen LogP contribution < -0.4 is 0 Å². The van der Waals surface area contributed by atoms with E-state index in [-0.39, 0.29) is 0 Å². The number of H-pyrrole nitrogens is 3. The van der Waals surface area contributed by atoms with Crippen LogP contribution in [0.4, 0.5) is 0 Å². The van der Waals surface area contributed by atoms with E-state index in [0.717, 1.165) is 17.1 Å². The summed E-state index contributed by atoms with van der Waals surface area (Å²) in [6.45, 7) is -2.71. The number of nitrogens with zero attached hydrogens (tertiary/aromatic N) is 9. The fourth-order valence-electron chi connectivity index (χ4n) is 2.21. The standard InChI is InChI=1S/C15H21N12PS/c1-25(22-7-13-4-16-10-19-13)28(29,26(2)23-8-14-5-17-11-20-14)27(3)24-9-15-6-18-12-21-15/h4-12H,1-3H3,(H,16,19)(H,17,20)(H,18,21)/b22-7+,23-8?,24-9?. The summed E-state index contributed by atoms with van der Waals surface area (Å²) in [5.41, 5.74) is 2.27. The number of imidazole rings is 3. The van der Waals surface area contributed by atoms with Gasteiger partial charge in [-0.2, -0.15) is 15.3 Å². The quantitative estimate of drug-likeness (QED) is 0.263. The Balaban J connectivity index is 1.87. The van der Waals surface area contributed by atoms with Crippen molar-refractivity contribution in [3.05, 3.63) is 54.7 Å². The molecule has 0 atom stereocenters. The first-order valence-corrected chi connectivity index (χ1v) is 11.1. The minimum Gasteiger partial charge on any atom is -0.344 e. The molecule has 12 nitrogen and oxygen atoms in total. The predicted molar refractivity (Wildman–Crippen MR) is 116 cm³/mol. The van der Waals surface area contributed by atoms with E-state index in [2.05, 4.69) is 45.2 Å². The molecule has 29 heavy (non-hydrogen) atoms. The number of rotatable bonds is 9. The zero-order chi connectivity index (χ0) is 20.7. The van der Waals surface area contributed by atoms with Crippen LogP contribution in [0.1, 0.15) is 17.1 Å². The third-order valence-electron chi connectivity index (χ3n) is 3.78. The Labute approximate surface area is 172 Å². The van der Waals surface area contributed by atoms with Gasteiger partial charge in [-0.3, -0.25) is 0 Å². The molecule has 0 aliphatic carbocycles. The van der Waals surface area contributed by atoms with Crippen LogP contribution in [0.3, 0.4) is 0 Å². The number of nitrogens with one attached hydrogen (secondary N) is 3. The molecule has 0 saturated heterocycles. The second-order valence-corrected chi connectivity index (χ2v) is 9.97. The maximum atomic E-state index is 6.02. The molecule has 0 aliphatic heterocycles. The molecule has 0 aliphatic rings. The Morgan fingerprint density at radius 1 is 0.724 bits per heavy atom. The maximum absolute atomic E-state index is 6.02. The lowest BCUT2D eigenvalue weighted by Gasteiger charge is -2.39. The summed E-state index contributed by atoms with van der Waals surface area (Å²) in [6, 6.07) is 0. The Morgan fingerprint density at radius 2 is 1.03 bits per heavy atom. The van der Waals surface area contributed by atoms with Gasteiger partial charge in [0.05, 0.1) is 73.3 Å². The summed E-state index contributed by atoms with van der Waals surface area (Å²) in [6.07, 6.45) is 14.7. The lowest BCUT2D eigenvalue weighted by molar-refractivity contribution is 0.417. The van der Waals surface area contributed by atoms with Crippen molar-refractivity contribution in [1.82, 2.24) is 44.2 Å². The smallest absolute Gasteiger partial charge is 0.265 e. The third-order valence-corrected chi connectivity index (χ3v) is 8.48. The van der Waals surface area contributed by atoms with Gasteiger partial charge in [-0.05, 0) is 11.8 Å². The average molecular weight is 432 g/mol. The summed E-state index contributed by atoms with van der Waals surface area (Å²) in [5, 5.41) is 13.4. The summed E-state index contributed by atoms with van der Waals surface area (Å²) < 4.78 is 5.04. The summed E-state index contributed by atoms with van der Waals surface area (Å²) in [4.78, 5) is 20.9. The van der Waals surface area contributed by atoms with Gasteiger partial charge in [0.2, 0.25) is 0 Å². The Morgan fingerprint density at radius 3 is 1.28 bits per heavy atom. The van der Waals surface area contributed by atoms with Gasteiger partial charge >= 0.3 is 0 Å². The predicted octanol–water partition coefficient (Wildman–Crippen LogP) is 1.28. The topological polar surface area (TPSA) is 133 Å². The normalized spacial score (nSPS) is 14.0. The monoisotopic (exact) mass is 432 g/mol. The van der Waals surface area contributed by atoms with E-state index in [9.17, 15) is 0 Å². The van der Waals surface area contributed by atoms with Crippen LogP contribution in [0.2, 0.25) is 0 Å². The van der Waals surface area contributed by atoms with Gasteiger partial charge in [0, 0.05) is 21.1 Å². The molecule has 0 bridgehead atoms. The molecule has 0 amide bonds. The van der Waals surface area contributed by atoms with Crippen LogP contribution >= 0.6 is 6.49 Å². The fourth-order valence-corrected chi connectivity index (χ4v) is 4.27. The van der Waals surface area contributed by atoms with E-state index in [1.807, 2.05) is 0 Å². The molecule has 3 rings (SSSR count). The molecular weight excluding hydrogens is 411 g/mol. The summed E-state index contributed by atoms with van der Waals surface area (Å²) >= 11 is 6.02. The van der Waals surface area contributed by atoms with Gasteiger partial charge in [0.1, 0.15) is 0 Å². The third kappa shape index (κ3) is 4.95. The largest absolute Gasteiger partial charge is 0.344 e. The lowest BCUT2D eigenvalue weighted by atomic mass is 10.5. The summed E-state index contributed by atoms with van der Waals surface area (Å²) in [7, 11) is 5.37. The van der Waals surface area contributed by atoms with Crippen molar-refractivity contribution < 1.29 is 0 Å². The number of hydrogen-bond acceptors (Lipinski definition) is 7. The number of hydrogen-bond donors (Lipinski definition) is 3. The van der Waals surface area contributed by atoms with E-state index in [4.69, 9.17) is 11.8 Å². The van der Waals surface area contributed by atoms with Crippen LogP contribution in [0.15, 0.2) is 52.9 Å². The van der Waals surface area contributed by atoms with Crippen molar-refractivity contribution in [1.29, 1.82) is 0 Å². The first-order valence-electron chi connectivity index (χ1n) is 8.40. The van der Waals surface area contributed by atoms with Gasteiger partial charge in [-0.15, -0.1) is 0 Å². The first-order chi connectivity index (χ1) is 14.0. The van der Waals surface area contributed by atoms with Gasteiger partial charge in [-0.25, -0.2) is 29.3 Å². The highest BCUT2D eigenvalue weighted by molar-refractivity contribution is 8.11. The highest BCUT2D eigenvalue weighted by Gasteiger charge is 2.32. The van der Waals surface area contributed by atoms with E-state index >= 15 is 0 Å². The Kier molecular flexibility index (Phi) is 6.52. The molecule has 3 aromatic heterocycles. The van der Waals surface area contributed by atoms with Gasteiger partial charge in [0.25, 0.3) is 6.49 Å². The molecular formula is C15H21N12PS. The zero-order valence-electron chi connectivity index (χ0n) is 16.1. The van der Waals surface area contributed by atoms with Crippen molar-refractivity contribution in [2.75, 3.05) is 21.1 Å². The number of aromatic nitrogens is 6. The molecule has 3 aromatic rings. The molecule has 3 N–H and O–H groups in total. The Bertz CT molecular complexity index is 863. The molecule has 0 aromatic carbocycles. The second kappa shape index (κ2) is 9.26. The van der Waals surface area contributed by atoms with Crippen LogP contribution in [0, 0.1) is 0 Å². The zero-order valence-corrected chi connectivity index (χ0v) is 17.8. The number of hydrazone groups is 3. The molecule has 0 spiro atoms. The van der Waals surface area contributed by atoms with Crippen LogP contribution in [0.5, 0.6) is 0 Å². The fraction of sp³-hybridized carbons (Fsp3) is 0.200. The molecule has 0 radical (unpaired) electrons. The number of aromatic amines is 3. The van der Waals surface area contributed by atoms with Crippen molar-refractivity contribution in [2.45, 2.75) is 0 Å². The molecule has 0 fully saturated rings. The van der Waals surface area contributed by atoms with Gasteiger partial charge in [0.15, 0.2) is 0 Å². The van der Waals surface area contributed by atoms with E-state index in [1.54, 1.807) is 91.7 Å². The SMILES string of the molecule is CN(N=Cc1cnc[nH]1)P(=S)(N(C)N=Cc1cnc[nH]1)N(C)/N=C/c1cnc[nH]1. The van der Waals surface area contributed by atoms with Crippen LogP contribution in [0.25, 0.3) is 0 Å². The minimum absolute atomic E-state index is 0.755. The molecule has 152 valence electrons. The minimum atomic E-state index is -2.71. The van der Waals surface area contributed by atoms with Crippen molar-refractivity contribution in [3.63, 3.8) is 0 Å². The highest BCUT2D eigenvalue weighted by Crippen LogP contribution is 2.55. The van der Waals surface area contributed by atoms with Crippen LogP contribution in [-0.4, -0.2) is 84.0 Å². The highest BCUT2D eigenvalue weighted by atomic mass is 32.4. The van der Waals surface area contributed by atoms with Crippen molar-refractivity contribution >= 4 is 36.9 Å². The van der Waals surface area contributed by atoms with Crippen molar-refractivity contribution in [3.8, 4) is 0 Å². The van der Waals surface area contributed by atoms with E-state index in [1.165, 1.54) is 0 Å². The molecule has 14 heteroatoms. The molecule has 0 saturated carbocycles. The van der Waals surface area contributed by atoms with Gasteiger partial charge < -0.3 is 15.0 Å². The van der Waals surface area contributed by atoms with E-state index in [0.29, 0.717) is 0 Å². The summed E-state index contributed by atoms with van der Waals surface area (Å²) in [5.74, 6) is 0. The lowest BCUT2D eigenvalue weighted by Crippen LogP contribution is -2.29. The van der Waals surface area contributed by atoms with E-state index < -0.39 is 6.49 Å². The molecule has 3 heterocycles. The first kappa shape index (κ1) is 20.4. The van der Waals surface area contributed by atoms with Gasteiger partial charge in [-0.1, -0.05) is 0 Å². The average Bonchev–Trinajstić information content (AvgIpc) is 3.50. The maximum Gasteiger partial charge on any atom is 0.265 e. The molecule has 0 unspecified atom stereocenters. The Hall–Kier alpha value is -3.31.